The van der Waals surface area contributed by atoms with Crippen molar-refractivity contribution in [1.29, 1.82) is 0 Å². The van der Waals surface area contributed by atoms with Gasteiger partial charge in [0.05, 0.1) is 17.5 Å². The van der Waals surface area contributed by atoms with Crippen LogP contribution in [-0.2, 0) is 14.4 Å². The number of benzene rings is 1. The van der Waals surface area contributed by atoms with Crippen LogP contribution in [0.4, 0.5) is 5.69 Å². The lowest BCUT2D eigenvalue weighted by Crippen LogP contribution is -2.47. The van der Waals surface area contributed by atoms with Gasteiger partial charge in [-0.2, -0.15) is 0 Å². The molecule has 6 nitrogen and oxygen atoms in total. The van der Waals surface area contributed by atoms with Gasteiger partial charge in [-0.05, 0) is 32.9 Å². The highest BCUT2D eigenvalue weighted by Crippen LogP contribution is 2.36. The van der Waals surface area contributed by atoms with Crippen molar-refractivity contribution >= 4 is 35.2 Å². The molecule has 0 aliphatic carbocycles. The second-order valence-electron chi connectivity index (χ2n) is 6.84. The number of amides is 3. The van der Waals surface area contributed by atoms with Crippen LogP contribution in [0.5, 0.6) is 0 Å². The van der Waals surface area contributed by atoms with Crippen LogP contribution in [0, 0.1) is 0 Å². The predicted octanol–water partition coefficient (Wildman–Crippen LogP) is 1.86. The second-order valence-corrected chi connectivity index (χ2v) is 8.09. The summed E-state index contributed by atoms with van der Waals surface area (Å²) in [5.41, 5.74) is 0.429. The summed E-state index contributed by atoms with van der Waals surface area (Å²) < 4.78 is 0. The maximum absolute atomic E-state index is 12.3. The van der Waals surface area contributed by atoms with E-state index in [1.54, 1.807) is 7.05 Å². The number of carbonyl (C=O) groups excluding carboxylic acids is 3. The summed E-state index contributed by atoms with van der Waals surface area (Å²) in [6.45, 7) is 5.62. The van der Waals surface area contributed by atoms with Crippen LogP contribution in [-0.4, -0.2) is 47.0 Å². The van der Waals surface area contributed by atoms with E-state index in [1.807, 2.05) is 45.0 Å². The summed E-state index contributed by atoms with van der Waals surface area (Å²) in [5, 5.41) is 5.14. The van der Waals surface area contributed by atoms with E-state index in [0.29, 0.717) is 0 Å². The highest BCUT2D eigenvalue weighted by Gasteiger charge is 2.30. The highest BCUT2D eigenvalue weighted by atomic mass is 32.2. The third-order valence-corrected chi connectivity index (χ3v) is 4.66. The first-order valence-electron chi connectivity index (χ1n) is 7.77. The molecule has 0 bridgehead atoms. The molecule has 130 valence electrons. The van der Waals surface area contributed by atoms with Gasteiger partial charge in [0, 0.05) is 23.9 Å². The molecule has 1 heterocycles. The Morgan fingerprint density at radius 2 is 1.96 bits per heavy atom. The quantitative estimate of drug-likeness (QED) is 0.870. The first-order valence-corrected chi connectivity index (χ1v) is 8.65. The number of thioether (sulfide) groups is 1. The van der Waals surface area contributed by atoms with Crippen molar-refractivity contribution in [3.05, 3.63) is 24.3 Å². The van der Waals surface area contributed by atoms with Crippen LogP contribution >= 0.6 is 11.8 Å². The molecule has 1 unspecified atom stereocenters. The lowest BCUT2D eigenvalue weighted by Gasteiger charge is -2.26. The fraction of sp³-hybridized carbons (Fsp3) is 0.471. The van der Waals surface area contributed by atoms with Crippen LogP contribution in [0.1, 0.15) is 27.2 Å². The maximum Gasteiger partial charge on any atom is 0.240 e. The number of likely N-dealkylation sites (N-methyl/N-ethyl adjacent to an activating group) is 1. The molecule has 1 aliphatic heterocycles. The molecule has 2 rings (SSSR count). The molecule has 0 saturated carbocycles. The first-order chi connectivity index (χ1) is 11.2. The molecular formula is C17H23N3O3S. The SMILES string of the molecule is CN(CC(=O)NC(C)(C)C)C(=O)CC1Sc2ccccc2NC1=O. The molecule has 0 radical (unpaired) electrons. The zero-order valence-corrected chi connectivity index (χ0v) is 15.2. The Morgan fingerprint density at radius 3 is 2.62 bits per heavy atom. The standard InChI is InChI=1S/C17H23N3O3S/c1-17(2,3)19-14(21)10-20(4)15(22)9-13-16(23)18-11-7-5-6-8-12(11)24-13/h5-8,13H,9-10H2,1-4H3,(H,18,23)(H,19,21). The average molecular weight is 349 g/mol. The maximum atomic E-state index is 12.3. The van der Waals surface area contributed by atoms with Gasteiger partial charge in [-0.25, -0.2) is 0 Å². The van der Waals surface area contributed by atoms with E-state index < -0.39 is 5.25 Å². The van der Waals surface area contributed by atoms with Crippen molar-refractivity contribution in [1.82, 2.24) is 10.2 Å². The molecule has 0 saturated heterocycles. The van der Waals surface area contributed by atoms with E-state index in [2.05, 4.69) is 10.6 Å². The molecule has 1 atom stereocenters. The average Bonchev–Trinajstić information content (AvgIpc) is 2.45. The van der Waals surface area contributed by atoms with Crippen LogP contribution in [0.25, 0.3) is 0 Å². The van der Waals surface area contributed by atoms with Gasteiger partial charge in [0.2, 0.25) is 17.7 Å². The molecule has 0 fully saturated rings. The zero-order chi connectivity index (χ0) is 17.9. The Bertz CT molecular complexity index is 655. The normalized spacial score (nSPS) is 16.8. The predicted molar refractivity (Wildman–Crippen MR) is 94.9 cm³/mol. The number of rotatable bonds is 4. The van der Waals surface area contributed by atoms with Crippen molar-refractivity contribution in [3.63, 3.8) is 0 Å². The molecule has 7 heteroatoms. The topological polar surface area (TPSA) is 78.5 Å². The monoisotopic (exact) mass is 349 g/mol. The van der Waals surface area contributed by atoms with Crippen molar-refractivity contribution in [2.45, 2.75) is 42.9 Å². The summed E-state index contributed by atoms with van der Waals surface area (Å²) in [7, 11) is 1.57. The van der Waals surface area contributed by atoms with Gasteiger partial charge >= 0.3 is 0 Å². The second kappa shape index (κ2) is 7.25. The Hall–Kier alpha value is -2.02. The molecule has 0 spiro atoms. The largest absolute Gasteiger partial charge is 0.350 e. The smallest absolute Gasteiger partial charge is 0.240 e. The molecule has 0 aromatic heterocycles. The lowest BCUT2D eigenvalue weighted by molar-refractivity contribution is -0.135. The van der Waals surface area contributed by atoms with E-state index in [4.69, 9.17) is 0 Å². The third kappa shape index (κ3) is 4.99. The van der Waals surface area contributed by atoms with Crippen molar-refractivity contribution < 1.29 is 14.4 Å². The van der Waals surface area contributed by atoms with Gasteiger partial charge in [0.25, 0.3) is 0 Å². The van der Waals surface area contributed by atoms with Crippen molar-refractivity contribution in [2.24, 2.45) is 0 Å². The first kappa shape index (κ1) is 18.3. The Balaban J connectivity index is 1.92. The van der Waals surface area contributed by atoms with Gasteiger partial charge in [0.15, 0.2) is 0 Å². The molecular weight excluding hydrogens is 326 g/mol. The van der Waals surface area contributed by atoms with Gasteiger partial charge in [-0.1, -0.05) is 12.1 Å². The summed E-state index contributed by atoms with van der Waals surface area (Å²) in [6.07, 6.45) is 0.0597. The van der Waals surface area contributed by atoms with Gasteiger partial charge < -0.3 is 15.5 Å². The van der Waals surface area contributed by atoms with E-state index in [0.717, 1.165) is 10.6 Å². The van der Waals surface area contributed by atoms with E-state index in [-0.39, 0.29) is 36.2 Å². The number of hydrogen-bond acceptors (Lipinski definition) is 4. The summed E-state index contributed by atoms with van der Waals surface area (Å²) in [4.78, 5) is 38.7. The molecule has 3 amide bonds. The highest BCUT2D eigenvalue weighted by molar-refractivity contribution is 8.01. The van der Waals surface area contributed by atoms with Gasteiger partial charge in [-0.3, -0.25) is 14.4 Å². The summed E-state index contributed by atoms with van der Waals surface area (Å²) in [6, 6.07) is 7.50. The van der Waals surface area contributed by atoms with Crippen molar-refractivity contribution in [3.8, 4) is 0 Å². The minimum Gasteiger partial charge on any atom is -0.350 e. The fourth-order valence-electron chi connectivity index (χ4n) is 2.30. The molecule has 1 aliphatic rings. The summed E-state index contributed by atoms with van der Waals surface area (Å²) in [5.74, 6) is -0.630. The van der Waals surface area contributed by atoms with E-state index in [9.17, 15) is 14.4 Å². The van der Waals surface area contributed by atoms with Crippen LogP contribution in [0.2, 0.25) is 0 Å². The fourth-order valence-corrected chi connectivity index (χ4v) is 3.40. The van der Waals surface area contributed by atoms with Crippen LogP contribution in [0.3, 0.4) is 0 Å². The Kier molecular flexibility index (Phi) is 5.54. The molecule has 1 aromatic carbocycles. The van der Waals surface area contributed by atoms with Crippen LogP contribution < -0.4 is 10.6 Å². The van der Waals surface area contributed by atoms with Gasteiger partial charge in [-0.15, -0.1) is 11.8 Å². The van der Waals surface area contributed by atoms with E-state index >= 15 is 0 Å². The number of para-hydroxylation sites is 1. The number of nitrogens with zero attached hydrogens (tertiary/aromatic N) is 1. The van der Waals surface area contributed by atoms with Crippen LogP contribution in [0.15, 0.2) is 29.2 Å². The number of carbonyl (C=O) groups is 3. The Labute approximate surface area is 146 Å². The zero-order valence-electron chi connectivity index (χ0n) is 14.4. The minimum absolute atomic E-state index is 0.0221. The lowest BCUT2D eigenvalue weighted by atomic mass is 10.1. The van der Waals surface area contributed by atoms with Gasteiger partial charge in [0.1, 0.15) is 0 Å². The Morgan fingerprint density at radius 1 is 1.29 bits per heavy atom. The summed E-state index contributed by atoms with van der Waals surface area (Å²) >= 11 is 1.38. The van der Waals surface area contributed by atoms with E-state index in [1.165, 1.54) is 16.7 Å². The van der Waals surface area contributed by atoms with Crippen molar-refractivity contribution in [2.75, 3.05) is 18.9 Å². The number of anilines is 1. The molecule has 2 N–H and O–H groups in total. The third-order valence-electron chi connectivity index (χ3n) is 3.39. The number of hydrogen-bond donors (Lipinski definition) is 2. The number of fused-ring (bicyclic) bond motifs is 1. The molecule has 24 heavy (non-hydrogen) atoms. The molecule has 1 aromatic rings. The minimum atomic E-state index is -0.486. The number of nitrogens with one attached hydrogen (secondary N) is 2.